The molecule has 1 nitrogen and oxygen atoms in total. The van der Waals surface area contributed by atoms with Crippen molar-refractivity contribution in [2.75, 3.05) is 0 Å². The minimum Gasteiger partial charge on any atom is -0.321 e. The zero-order valence-corrected chi connectivity index (χ0v) is 9.03. The number of benzene rings is 1. The van der Waals surface area contributed by atoms with Crippen LogP contribution in [-0.2, 0) is 5.54 Å². The van der Waals surface area contributed by atoms with Crippen molar-refractivity contribution in [3.8, 4) is 0 Å². The molecular formula is C11H13ClFN. The van der Waals surface area contributed by atoms with Crippen molar-refractivity contribution < 1.29 is 4.39 Å². The van der Waals surface area contributed by atoms with Crippen LogP contribution in [0.2, 0.25) is 5.02 Å². The van der Waals surface area contributed by atoms with E-state index in [0.29, 0.717) is 0 Å². The number of hydrogen-bond donors (Lipinski definition) is 1. The van der Waals surface area contributed by atoms with Crippen LogP contribution in [0.4, 0.5) is 4.39 Å². The van der Waals surface area contributed by atoms with Crippen LogP contribution >= 0.6 is 11.6 Å². The smallest absolute Gasteiger partial charge is 0.141 e. The average molecular weight is 214 g/mol. The Bertz CT molecular complexity index is 389. The highest BCUT2D eigenvalue weighted by atomic mass is 35.5. The lowest BCUT2D eigenvalue weighted by Crippen LogP contribution is -2.25. The van der Waals surface area contributed by atoms with Crippen LogP contribution < -0.4 is 5.73 Å². The van der Waals surface area contributed by atoms with Gasteiger partial charge in [-0.1, -0.05) is 31.5 Å². The van der Waals surface area contributed by atoms with Gasteiger partial charge in [0, 0.05) is 5.54 Å². The Morgan fingerprint density at radius 2 is 2.00 bits per heavy atom. The maximum Gasteiger partial charge on any atom is 0.141 e. The van der Waals surface area contributed by atoms with Crippen LogP contribution in [0, 0.1) is 11.2 Å². The Kier molecular flexibility index (Phi) is 1.92. The van der Waals surface area contributed by atoms with Crippen molar-refractivity contribution in [3.63, 3.8) is 0 Å². The van der Waals surface area contributed by atoms with Gasteiger partial charge in [-0.15, -0.1) is 0 Å². The van der Waals surface area contributed by atoms with Crippen LogP contribution in [0.1, 0.15) is 25.8 Å². The first-order valence-electron chi connectivity index (χ1n) is 4.61. The molecule has 1 aromatic carbocycles. The third-order valence-electron chi connectivity index (χ3n) is 3.24. The SMILES string of the molecule is CC1(C)CC1(N)c1ccc(F)c(Cl)c1. The molecule has 1 atom stereocenters. The molecule has 1 saturated carbocycles. The van der Waals surface area contributed by atoms with Crippen LogP contribution in [0.25, 0.3) is 0 Å². The highest BCUT2D eigenvalue weighted by Crippen LogP contribution is 2.60. The van der Waals surface area contributed by atoms with Crippen molar-refractivity contribution in [1.82, 2.24) is 0 Å². The van der Waals surface area contributed by atoms with Crippen molar-refractivity contribution in [1.29, 1.82) is 0 Å². The molecule has 1 aliphatic rings. The summed E-state index contributed by atoms with van der Waals surface area (Å²) in [7, 11) is 0. The monoisotopic (exact) mass is 213 g/mol. The molecule has 0 aromatic heterocycles. The predicted molar refractivity (Wildman–Crippen MR) is 55.7 cm³/mol. The summed E-state index contributed by atoms with van der Waals surface area (Å²) in [6.45, 7) is 4.20. The minimum absolute atomic E-state index is 0.0914. The molecule has 0 radical (unpaired) electrons. The van der Waals surface area contributed by atoms with E-state index in [0.717, 1.165) is 12.0 Å². The van der Waals surface area contributed by atoms with Crippen LogP contribution in [-0.4, -0.2) is 0 Å². The summed E-state index contributed by atoms with van der Waals surface area (Å²) in [6.07, 6.45) is 0.919. The Morgan fingerprint density at radius 1 is 1.43 bits per heavy atom. The predicted octanol–water partition coefficient (Wildman–Crippen LogP) is 3.06. The highest BCUT2D eigenvalue weighted by molar-refractivity contribution is 6.30. The molecule has 14 heavy (non-hydrogen) atoms. The van der Waals surface area contributed by atoms with Gasteiger partial charge in [0.2, 0.25) is 0 Å². The summed E-state index contributed by atoms with van der Waals surface area (Å²) in [4.78, 5) is 0. The lowest BCUT2D eigenvalue weighted by atomic mass is 9.97. The Morgan fingerprint density at radius 3 is 2.43 bits per heavy atom. The lowest BCUT2D eigenvalue weighted by Gasteiger charge is -2.15. The molecule has 3 heteroatoms. The molecule has 1 unspecified atom stereocenters. The quantitative estimate of drug-likeness (QED) is 0.763. The summed E-state index contributed by atoms with van der Waals surface area (Å²) >= 11 is 5.71. The fraction of sp³-hybridized carbons (Fsp3) is 0.455. The normalized spacial score (nSPS) is 28.9. The van der Waals surface area contributed by atoms with Gasteiger partial charge in [-0.2, -0.15) is 0 Å². The second kappa shape index (κ2) is 2.71. The summed E-state index contributed by atoms with van der Waals surface area (Å²) < 4.78 is 12.9. The summed E-state index contributed by atoms with van der Waals surface area (Å²) in [5, 5.41) is 0.148. The Balaban J connectivity index is 2.40. The van der Waals surface area contributed by atoms with Gasteiger partial charge in [0.05, 0.1) is 5.02 Å². The highest BCUT2D eigenvalue weighted by Gasteiger charge is 2.59. The standard InChI is InChI=1S/C11H13ClFN/c1-10(2)6-11(10,14)7-3-4-9(13)8(12)5-7/h3-5H,6,14H2,1-2H3. The zero-order valence-electron chi connectivity index (χ0n) is 8.27. The van der Waals surface area contributed by atoms with Crippen molar-refractivity contribution in [3.05, 3.63) is 34.6 Å². The van der Waals surface area contributed by atoms with Gasteiger partial charge in [0.1, 0.15) is 5.82 Å². The molecule has 2 rings (SSSR count). The molecular weight excluding hydrogens is 201 g/mol. The number of hydrogen-bond acceptors (Lipinski definition) is 1. The van der Waals surface area contributed by atoms with E-state index in [1.807, 2.05) is 0 Å². The van der Waals surface area contributed by atoms with Gasteiger partial charge in [-0.3, -0.25) is 0 Å². The van der Waals surface area contributed by atoms with E-state index in [2.05, 4.69) is 13.8 Å². The topological polar surface area (TPSA) is 26.0 Å². The largest absolute Gasteiger partial charge is 0.321 e. The van der Waals surface area contributed by atoms with E-state index in [1.165, 1.54) is 6.07 Å². The number of halogens is 2. The third-order valence-corrected chi connectivity index (χ3v) is 3.53. The fourth-order valence-corrected chi connectivity index (χ4v) is 2.10. The van der Waals surface area contributed by atoms with E-state index in [4.69, 9.17) is 17.3 Å². The molecule has 76 valence electrons. The first-order chi connectivity index (χ1) is 6.37. The van der Waals surface area contributed by atoms with Gasteiger partial charge in [-0.05, 0) is 29.5 Å². The lowest BCUT2D eigenvalue weighted by molar-refractivity contribution is 0.509. The molecule has 0 amide bonds. The molecule has 0 aliphatic heterocycles. The van der Waals surface area contributed by atoms with E-state index < -0.39 is 5.82 Å². The molecule has 0 saturated heterocycles. The van der Waals surface area contributed by atoms with E-state index in [-0.39, 0.29) is 16.0 Å². The number of rotatable bonds is 1. The molecule has 2 N–H and O–H groups in total. The summed E-state index contributed by atoms with van der Waals surface area (Å²) in [5.74, 6) is -0.391. The summed E-state index contributed by atoms with van der Waals surface area (Å²) in [6, 6.07) is 4.72. The molecule has 0 spiro atoms. The maximum absolute atomic E-state index is 12.9. The summed E-state index contributed by atoms with van der Waals surface area (Å²) in [5.41, 5.74) is 6.87. The van der Waals surface area contributed by atoms with Crippen molar-refractivity contribution in [2.45, 2.75) is 25.8 Å². The van der Waals surface area contributed by atoms with Crippen molar-refractivity contribution >= 4 is 11.6 Å². The van der Waals surface area contributed by atoms with Gasteiger partial charge in [0.25, 0.3) is 0 Å². The van der Waals surface area contributed by atoms with Gasteiger partial charge >= 0.3 is 0 Å². The molecule has 1 fully saturated rings. The van der Waals surface area contributed by atoms with Gasteiger partial charge < -0.3 is 5.73 Å². The Hall–Kier alpha value is -0.600. The first-order valence-corrected chi connectivity index (χ1v) is 4.99. The first kappa shape index (κ1) is 9.94. The van der Waals surface area contributed by atoms with E-state index in [1.54, 1.807) is 12.1 Å². The van der Waals surface area contributed by atoms with Gasteiger partial charge in [0.15, 0.2) is 0 Å². The van der Waals surface area contributed by atoms with Crippen LogP contribution in [0.5, 0.6) is 0 Å². The minimum atomic E-state index is -0.391. The maximum atomic E-state index is 12.9. The molecule has 1 aromatic rings. The molecule has 0 heterocycles. The van der Waals surface area contributed by atoms with E-state index >= 15 is 0 Å². The molecule has 0 bridgehead atoms. The Labute approximate surface area is 88.1 Å². The second-order valence-electron chi connectivity index (χ2n) is 4.66. The van der Waals surface area contributed by atoms with Crippen LogP contribution in [0.3, 0.4) is 0 Å². The third kappa shape index (κ3) is 1.25. The second-order valence-corrected chi connectivity index (χ2v) is 5.07. The van der Waals surface area contributed by atoms with Crippen LogP contribution in [0.15, 0.2) is 18.2 Å². The zero-order chi connectivity index (χ0) is 10.6. The van der Waals surface area contributed by atoms with E-state index in [9.17, 15) is 4.39 Å². The number of nitrogens with two attached hydrogens (primary N) is 1. The fourth-order valence-electron chi connectivity index (χ4n) is 1.92. The van der Waals surface area contributed by atoms with Crippen molar-refractivity contribution in [2.24, 2.45) is 11.1 Å². The van der Waals surface area contributed by atoms with Gasteiger partial charge in [-0.25, -0.2) is 4.39 Å². The molecule has 1 aliphatic carbocycles. The average Bonchev–Trinajstić information content (AvgIpc) is 2.58.